The summed E-state index contributed by atoms with van der Waals surface area (Å²) in [5.41, 5.74) is 1.29. The maximum atomic E-state index is 12.5. The van der Waals surface area contributed by atoms with Crippen molar-refractivity contribution in [3.05, 3.63) is 54.0 Å². The number of anilines is 1. The first-order chi connectivity index (χ1) is 16.7. The number of nitrogens with zero attached hydrogens (tertiary/aromatic N) is 4. The first kappa shape index (κ1) is 22.5. The largest absolute Gasteiger partial charge is 0.497 e. The average molecular weight is 462 g/mol. The second-order valence-corrected chi connectivity index (χ2v) is 9.23. The van der Waals surface area contributed by atoms with Gasteiger partial charge in [0, 0.05) is 23.9 Å². The summed E-state index contributed by atoms with van der Waals surface area (Å²) in [5.74, 6) is 2.95. The fraction of sp³-hybridized carbons (Fsp3) is 0.462. The lowest BCUT2D eigenvalue weighted by Gasteiger charge is -2.29. The zero-order valence-electron chi connectivity index (χ0n) is 19.6. The third-order valence-corrected chi connectivity index (χ3v) is 6.92. The zero-order valence-corrected chi connectivity index (χ0v) is 19.6. The molecule has 1 saturated carbocycles. The molecular weight excluding hydrogens is 430 g/mol. The molecule has 8 nitrogen and oxygen atoms in total. The van der Waals surface area contributed by atoms with E-state index in [1.165, 1.54) is 38.5 Å². The number of likely N-dealkylation sites (tertiary alicyclic amines) is 1. The van der Waals surface area contributed by atoms with Gasteiger partial charge in [-0.3, -0.25) is 9.69 Å². The van der Waals surface area contributed by atoms with Crippen molar-refractivity contribution in [1.29, 1.82) is 0 Å². The molecule has 0 spiro atoms. The maximum absolute atomic E-state index is 12.5. The summed E-state index contributed by atoms with van der Waals surface area (Å²) in [7, 11) is 1.59. The normalized spacial score (nSPS) is 19.3. The Morgan fingerprint density at radius 3 is 2.65 bits per heavy atom. The molecule has 2 fully saturated rings. The van der Waals surface area contributed by atoms with Crippen LogP contribution in [0.3, 0.4) is 0 Å². The number of benzene rings is 1. The average Bonchev–Trinajstić information content (AvgIpc) is 3.55. The number of methoxy groups -OCH3 is 1. The lowest BCUT2D eigenvalue weighted by Crippen LogP contribution is -2.30. The number of carbonyl (C=O) groups excluding carboxylic acids is 1. The molecule has 8 heteroatoms. The van der Waals surface area contributed by atoms with Crippen LogP contribution in [0.15, 0.2) is 47.1 Å². The van der Waals surface area contributed by atoms with E-state index in [1.807, 2.05) is 6.07 Å². The first-order valence-electron chi connectivity index (χ1n) is 12.2. The van der Waals surface area contributed by atoms with Crippen molar-refractivity contribution in [3.63, 3.8) is 0 Å². The summed E-state index contributed by atoms with van der Waals surface area (Å²) in [6.07, 6.45) is 10.7. The number of amides is 1. The van der Waals surface area contributed by atoms with Gasteiger partial charge in [-0.25, -0.2) is 4.98 Å². The minimum Gasteiger partial charge on any atom is -0.497 e. The van der Waals surface area contributed by atoms with Crippen LogP contribution in [0, 0.1) is 5.92 Å². The zero-order chi connectivity index (χ0) is 23.3. The van der Waals surface area contributed by atoms with E-state index in [2.05, 4.69) is 20.4 Å². The van der Waals surface area contributed by atoms with Crippen molar-refractivity contribution < 1.29 is 14.1 Å². The number of hydrogen-bond acceptors (Lipinski definition) is 7. The summed E-state index contributed by atoms with van der Waals surface area (Å²) in [4.78, 5) is 24.1. The van der Waals surface area contributed by atoms with Crippen LogP contribution >= 0.6 is 0 Å². The van der Waals surface area contributed by atoms with Crippen LogP contribution in [-0.4, -0.2) is 46.1 Å². The van der Waals surface area contributed by atoms with Gasteiger partial charge in [0.05, 0.1) is 13.2 Å². The minimum atomic E-state index is -0.232. The molecule has 0 bridgehead atoms. The van der Waals surface area contributed by atoms with E-state index in [1.54, 1.807) is 43.6 Å². The van der Waals surface area contributed by atoms with E-state index in [9.17, 15) is 4.79 Å². The summed E-state index contributed by atoms with van der Waals surface area (Å²) < 4.78 is 10.8. The highest BCUT2D eigenvalue weighted by atomic mass is 16.5. The van der Waals surface area contributed by atoms with Gasteiger partial charge in [-0.1, -0.05) is 24.4 Å². The Balaban J connectivity index is 1.22. The minimum absolute atomic E-state index is 0.208. The smallest absolute Gasteiger partial charge is 0.256 e. The van der Waals surface area contributed by atoms with Gasteiger partial charge in [0.25, 0.3) is 5.91 Å². The van der Waals surface area contributed by atoms with E-state index < -0.39 is 0 Å². The second kappa shape index (κ2) is 10.3. The number of pyridine rings is 1. The van der Waals surface area contributed by atoms with Gasteiger partial charge < -0.3 is 14.6 Å². The summed E-state index contributed by atoms with van der Waals surface area (Å²) >= 11 is 0. The molecule has 1 amide bonds. The van der Waals surface area contributed by atoms with E-state index >= 15 is 0 Å². The molecule has 1 aliphatic carbocycles. The highest BCUT2D eigenvalue weighted by molar-refractivity contribution is 6.03. The predicted molar refractivity (Wildman–Crippen MR) is 129 cm³/mol. The summed E-state index contributed by atoms with van der Waals surface area (Å²) in [6.45, 7) is 2.23. The molecule has 0 radical (unpaired) electrons. The lowest BCUT2D eigenvalue weighted by molar-refractivity contribution is 0.102. The van der Waals surface area contributed by atoms with Crippen LogP contribution in [-0.2, 0) is 0 Å². The van der Waals surface area contributed by atoms with Gasteiger partial charge in [-0.2, -0.15) is 4.98 Å². The Kier molecular flexibility index (Phi) is 6.85. The number of rotatable bonds is 7. The van der Waals surface area contributed by atoms with Gasteiger partial charge in [-0.05, 0) is 74.5 Å². The Hall–Kier alpha value is -3.26. The fourth-order valence-electron chi connectivity index (χ4n) is 5.04. The predicted octanol–water partition coefficient (Wildman–Crippen LogP) is 5.11. The Morgan fingerprint density at radius 2 is 1.91 bits per heavy atom. The monoisotopic (exact) mass is 461 g/mol. The number of hydrogen-bond donors (Lipinski definition) is 1. The van der Waals surface area contributed by atoms with Crippen LogP contribution in [0.4, 0.5) is 5.82 Å². The van der Waals surface area contributed by atoms with Crippen molar-refractivity contribution >= 4 is 11.7 Å². The van der Waals surface area contributed by atoms with Crippen LogP contribution < -0.4 is 10.1 Å². The fourth-order valence-corrected chi connectivity index (χ4v) is 5.04. The molecule has 3 aromatic rings. The van der Waals surface area contributed by atoms with Crippen LogP contribution in [0.25, 0.3) is 11.4 Å². The van der Waals surface area contributed by atoms with Gasteiger partial charge in [-0.15, -0.1) is 0 Å². The van der Waals surface area contributed by atoms with Crippen molar-refractivity contribution in [2.45, 2.75) is 51.0 Å². The van der Waals surface area contributed by atoms with E-state index in [0.29, 0.717) is 28.8 Å². The number of carbonyl (C=O) groups is 1. The Bertz CT molecular complexity index is 1090. The molecule has 1 aliphatic heterocycles. The topological polar surface area (TPSA) is 93.4 Å². The van der Waals surface area contributed by atoms with Gasteiger partial charge in [0.2, 0.25) is 11.7 Å². The van der Waals surface area contributed by atoms with Crippen molar-refractivity contribution in [1.82, 2.24) is 20.0 Å². The van der Waals surface area contributed by atoms with E-state index in [-0.39, 0.29) is 11.9 Å². The lowest BCUT2D eigenvalue weighted by atomic mass is 9.89. The van der Waals surface area contributed by atoms with Gasteiger partial charge in [0.1, 0.15) is 11.6 Å². The Morgan fingerprint density at radius 1 is 1.09 bits per heavy atom. The van der Waals surface area contributed by atoms with Crippen LogP contribution in [0.2, 0.25) is 0 Å². The molecule has 1 aromatic carbocycles. The summed E-state index contributed by atoms with van der Waals surface area (Å²) in [5, 5.41) is 7.02. The van der Waals surface area contributed by atoms with Gasteiger partial charge in [0.15, 0.2) is 0 Å². The van der Waals surface area contributed by atoms with Crippen molar-refractivity contribution in [3.8, 4) is 17.1 Å². The molecule has 5 rings (SSSR count). The Labute approximate surface area is 199 Å². The first-order valence-corrected chi connectivity index (χ1v) is 12.2. The molecule has 1 atom stereocenters. The summed E-state index contributed by atoms with van der Waals surface area (Å²) in [6, 6.07) is 10.7. The van der Waals surface area contributed by atoms with E-state index in [0.717, 1.165) is 31.0 Å². The quantitative estimate of drug-likeness (QED) is 0.522. The molecular formula is C26H31N5O3. The SMILES string of the molecule is COc1ccc(C(=O)Nc2ccc(-c3noc([C@@H]4CCCN4CC4CCCCC4)n3)cn2)cc1. The number of nitrogens with one attached hydrogen (secondary N) is 1. The van der Waals surface area contributed by atoms with Crippen molar-refractivity contribution in [2.75, 3.05) is 25.5 Å². The van der Waals surface area contributed by atoms with Crippen LogP contribution in [0.5, 0.6) is 5.75 Å². The molecule has 0 unspecified atom stereocenters. The molecule has 178 valence electrons. The van der Waals surface area contributed by atoms with Crippen molar-refractivity contribution in [2.24, 2.45) is 5.92 Å². The molecule has 3 heterocycles. The molecule has 1 saturated heterocycles. The van der Waals surface area contributed by atoms with Crippen LogP contribution in [0.1, 0.15) is 67.2 Å². The second-order valence-electron chi connectivity index (χ2n) is 9.23. The standard InChI is InChI=1S/C26H31N5O3/c1-33-21-12-9-19(10-13-21)25(32)28-23-14-11-20(16-27-23)24-29-26(34-30-24)22-8-5-15-31(22)17-18-6-3-2-4-7-18/h9-14,16,18,22H,2-8,15,17H2,1H3,(H,27,28,32)/t22-/m0/s1. The van der Waals surface area contributed by atoms with E-state index in [4.69, 9.17) is 14.2 Å². The molecule has 2 aliphatic rings. The molecule has 1 N–H and O–H groups in total. The highest BCUT2D eigenvalue weighted by Gasteiger charge is 2.32. The number of aromatic nitrogens is 3. The molecule has 2 aromatic heterocycles. The number of ether oxygens (including phenoxy) is 1. The third kappa shape index (κ3) is 5.12. The maximum Gasteiger partial charge on any atom is 0.256 e. The highest BCUT2D eigenvalue weighted by Crippen LogP contribution is 2.35. The van der Waals surface area contributed by atoms with Gasteiger partial charge >= 0.3 is 0 Å². The third-order valence-electron chi connectivity index (χ3n) is 6.92. The molecule has 34 heavy (non-hydrogen) atoms.